The lowest BCUT2D eigenvalue weighted by Gasteiger charge is -2.20. The van der Waals surface area contributed by atoms with Crippen LogP contribution < -0.4 is 18.9 Å². The quantitative estimate of drug-likeness (QED) is 0.219. The summed E-state index contributed by atoms with van der Waals surface area (Å²) in [5, 5.41) is 0. The maximum absolute atomic E-state index is 14.2. The maximum Gasteiger partial charge on any atom is 0.420 e. The highest BCUT2D eigenvalue weighted by Gasteiger charge is 2.37. The number of halogens is 3. The normalized spacial score (nSPS) is 12.0. The molecule has 13 heteroatoms. The standard InChI is InChI=1S/C28H25F3N2O6S2/c1-18-4-12-22(13-5-18)40(34,35)32-25-16-24(28(29,30)31)27(39-21-10-8-20(38-3)9-11-21)17-26(25)33-41(36,37)23-14-6-19(2)7-15-23/h4-17,32-33H,1-3H3. The fourth-order valence-corrected chi connectivity index (χ4v) is 5.81. The Balaban J connectivity index is 1.86. The van der Waals surface area contributed by atoms with Gasteiger partial charge in [-0.2, -0.15) is 13.2 Å². The first kappa shape index (κ1) is 29.7. The summed E-state index contributed by atoms with van der Waals surface area (Å²) in [6.45, 7) is 3.49. The van der Waals surface area contributed by atoms with Crippen molar-refractivity contribution in [3.63, 3.8) is 0 Å². The zero-order valence-electron chi connectivity index (χ0n) is 22.0. The van der Waals surface area contributed by atoms with Crippen LogP contribution in [0.25, 0.3) is 0 Å². The van der Waals surface area contributed by atoms with E-state index in [1.54, 1.807) is 26.0 Å². The molecule has 0 aliphatic heterocycles. The highest BCUT2D eigenvalue weighted by atomic mass is 32.2. The van der Waals surface area contributed by atoms with Gasteiger partial charge in [-0.1, -0.05) is 35.4 Å². The average molecular weight is 607 g/mol. The Morgan fingerprint density at radius 3 is 1.46 bits per heavy atom. The van der Waals surface area contributed by atoms with E-state index in [2.05, 4.69) is 9.44 Å². The summed E-state index contributed by atoms with van der Waals surface area (Å²) in [5.41, 5.74) is -0.947. The third-order valence-electron chi connectivity index (χ3n) is 5.86. The molecule has 0 fully saturated rings. The molecule has 4 aromatic carbocycles. The minimum absolute atomic E-state index is 0.00312. The fourth-order valence-electron chi connectivity index (χ4n) is 3.67. The number of benzene rings is 4. The molecule has 0 heterocycles. The van der Waals surface area contributed by atoms with Crippen LogP contribution in [-0.4, -0.2) is 23.9 Å². The summed E-state index contributed by atoms with van der Waals surface area (Å²) in [5.74, 6) is -0.333. The van der Waals surface area contributed by atoms with Crippen LogP contribution in [0, 0.1) is 13.8 Å². The maximum atomic E-state index is 14.2. The van der Waals surface area contributed by atoms with E-state index in [0.717, 1.165) is 17.2 Å². The van der Waals surface area contributed by atoms with Crippen LogP contribution in [0.5, 0.6) is 17.2 Å². The van der Waals surface area contributed by atoms with Gasteiger partial charge in [-0.05, 0) is 68.4 Å². The van der Waals surface area contributed by atoms with Crippen LogP contribution in [0.2, 0.25) is 0 Å². The number of nitrogens with one attached hydrogen (secondary N) is 2. The molecule has 0 amide bonds. The third kappa shape index (κ3) is 7.11. The summed E-state index contributed by atoms with van der Waals surface area (Å²) < 4.78 is 110. The second-order valence-corrected chi connectivity index (χ2v) is 12.4. The van der Waals surface area contributed by atoms with Crippen LogP contribution in [0.4, 0.5) is 24.5 Å². The monoisotopic (exact) mass is 606 g/mol. The topological polar surface area (TPSA) is 111 Å². The van der Waals surface area contributed by atoms with Gasteiger partial charge < -0.3 is 9.47 Å². The summed E-state index contributed by atoms with van der Waals surface area (Å²) in [6.07, 6.45) is -5.00. The summed E-state index contributed by atoms with van der Waals surface area (Å²) in [4.78, 5) is -0.421. The molecule has 4 rings (SSSR count). The van der Waals surface area contributed by atoms with Gasteiger partial charge in [0.15, 0.2) is 0 Å². The van der Waals surface area contributed by atoms with Gasteiger partial charge in [0.2, 0.25) is 0 Å². The minimum atomic E-state index is -5.00. The molecule has 0 aromatic heterocycles. The predicted molar refractivity (Wildman–Crippen MR) is 148 cm³/mol. The van der Waals surface area contributed by atoms with E-state index in [9.17, 15) is 30.0 Å². The molecule has 0 saturated carbocycles. The van der Waals surface area contributed by atoms with Crippen molar-refractivity contribution in [1.29, 1.82) is 0 Å². The molecule has 216 valence electrons. The van der Waals surface area contributed by atoms with E-state index in [1.165, 1.54) is 67.8 Å². The number of methoxy groups -OCH3 is 1. The third-order valence-corrected chi connectivity index (χ3v) is 8.63. The number of anilines is 2. The molecule has 0 radical (unpaired) electrons. The first-order valence-electron chi connectivity index (χ1n) is 11.9. The van der Waals surface area contributed by atoms with Gasteiger partial charge in [0, 0.05) is 6.07 Å². The van der Waals surface area contributed by atoms with E-state index in [-0.39, 0.29) is 15.5 Å². The smallest absolute Gasteiger partial charge is 0.420 e. The Labute approximate surface area is 235 Å². The number of aryl methyl sites for hydroxylation is 2. The lowest BCUT2D eigenvalue weighted by Crippen LogP contribution is -2.19. The Hall–Kier alpha value is -4.23. The lowest BCUT2D eigenvalue weighted by molar-refractivity contribution is -0.138. The van der Waals surface area contributed by atoms with Gasteiger partial charge in [-0.3, -0.25) is 9.44 Å². The molecule has 4 aromatic rings. The Morgan fingerprint density at radius 2 is 1.05 bits per heavy atom. The Kier molecular flexibility index (Phi) is 8.22. The fraction of sp³-hybridized carbons (Fsp3) is 0.143. The zero-order chi connectivity index (χ0) is 30.0. The van der Waals surface area contributed by atoms with Gasteiger partial charge in [-0.15, -0.1) is 0 Å². The van der Waals surface area contributed by atoms with Crippen molar-refractivity contribution in [3.05, 3.63) is 102 Å². The van der Waals surface area contributed by atoms with Crippen molar-refractivity contribution in [2.24, 2.45) is 0 Å². The van der Waals surface area contributed by atoms with Gasteiger partial charge in [0.05, 0.1) is 28.3 Å². The zero-order valence-corrected chi connectivity index (χ0v) is 23.6. The van der Waals surface area contributed by atoms with E-state index in [4.69, 9.17) is 9.47 Å². The number of ether oxygens (including phenoxy) is 2. The molecule has 0 saturated heterocycles. The number of rotatable bonds is 9. The van der Waals surface area contributed by atoms with Crippen LogP contribution in [0.1, 0.15) is 16.7 Å². The molecule has 0 unspecified atom stereocenters. The van der Waals surface area contributed by atoms with Gasteiger partial charge in [0.1, 0.15) is 22.8 Å². The van der Waals surface area contributed by atoms with E-state index in [0.29, 0.717) is 11.8 Å². The number of hydrogen-bond donors (Lipinski definition) is 2. The van der Waals surface area contributed by atoms with Crippen molar-refractivity contribution in [3.8, 4) is 17.2 Å². The Morgan fingerprint density at radius 1 is 0.634 bits per heavy atom. The molecule has 0 aliphatic rings. The van der Waals surface area contributed by atoms with E-state index >= 15 is 0 Å². The molecular weight excluding hydrogens is 581 g/mol. The van der Waals surface area contributed by atoms with Crippen molar-refractivity contribution < 1.29 is 39.5 Å². The van der Waals surface area contributed by atoms with Gasteiger partial charge in [-0.25, -0.2) is 16.8 Å². The molecule has 2 N–H and O–H groups in total. The molecule has 0 atom stereocenters. The summed E-state index contributed by atoms with van der Waals surface area (Å²) in [7, 11) is -7.37. The van der Waals surface area contributed by atoms with Crippen LogP contribution in [0.15, 0.2) is 94.7 Å². The second-order valence-electron chi connectivity index (χ2n) is 9.01. The first-order chi connectivity index (χ1) is 19.2. The number of alkyl halides is 3. The summed E-state index contributed by atoms with van der Waals surface area (Å²) >= 11 is 0. The highest BCUT2D eigenvalue weighted by Crippen LogP contribution is 2.44. The SMILES string of the molecule is COc1ccc(Oc2cc(NS(=O)(=O)c3ccc(C)cc3)c(NS(=O)(=O)c3ccc(C)cc3)cc2C(F)(F)F)cc1. The lowest BCUT2D eigenvalue weighted by atomic mass is 10.1. The second kappa shape index (κ2) is 11.3. The van der Waals surface area contributed by atoms with Crippen molar-refractivity contribution in [2.45, 2.75) is 29.8 Å². The minimum Gasteiger partial charge on any atom is -0.497 e. The molecular formula is C28H25F3N2O6S2. The number of sulfonamides is 2. The van der Waals surface area contributed by atoms with Crippen LogP contribution >= 0.6 is 0 Å². The molecule has 0 aliphatic carbocycles. The van der Waals surface area contributed by atoms with Crippen LogP contribution in [-0.2, 0) is 26.2 Å². The molecule has 8 nitrogen and oxygen atoms in total. The highest BCUT2D eigenvalue weighted by molar-refractivity contribution is 7.93. The van der Waals surface area contributed by atoms with Crippen molar-refractivity contribution in [2.75, 3.05) is 16.6 Å². The average Bonchev–Trinajstić information content (AvgIpc) is 2.90. The van der Waals surface area contributed by atoms with Crippen molar-refractivity contribution >= 4 is 31.4 Å². The first-order valence-corrected chi connectivity index (χ1v) is 14.9. The van der Waals surface area contributed by atoms with Crippen LogP contribution in [0.3, 0.4) is 0 Å². The predicted octanol–water partition coefficient (Wildman–Crippen LogP) is 6.72. The van der Waals surface area contributed by atoms with E-state index < -0.39 is 48.9 Å². The molecule has 0 spiro atoms. The van der Waals surface area contributed by atoms with Crippen molar-refractivity contribution in [1.82, 2.24) is 0 Å². The Bertz CT molecular complexity index is 1760. The molecule has 41 heavy (non-hydrogen) atoms. The van der Waals surface area contributed by atoms with E-state index in [1.807, 2.05) is 0 Å². The number of hydrogen-bond acceptors (Lipinski definition) is 6. The van der Waals surface area contributed by atoms with Gasteiger partial charge in [0.25, 0.3) is 20.0 Å². The largest absolute Gasteiger partial charge is 0.497 e. The van der Waals surface area contributed by atoms with Gasteiger partial charge >= 0.3 is 6.18 Å². The molecule has 0 bridgehead atoms. The summed E-state index contributed by atoms with van der Waals surface area (Å²) in [6, 6.07) is 18.2.